The number of nitrogens with zero attached hydrogens (tertiary/aromatic N) is 3. The molecule has 0 bridgehead atoms. The maximum atomic E-state index is 13.3. The van der Waals surface area contributed by atoms with E-state index >= 15 is 0 Å². The Kier molecular flexibility index (Phi) is 4.93. The second-order valence-electron chi connectivity index (χ2n) is 6.76. The average molecular weight is 401 g/mol. The third-order valence-corrected chi connectivity index (χ3v) is 4.67. The molecule has 0 radical (unpaired) electrons. The van der Waals surface area contributed by atoms with Crippen LogP contribution in [0.3, 0.4) is 0 Å². The lowest BCUT2D eigenvalue weighted by Gasteiger charge is -2.12. The van der Waals surface area contributed by atoms with Crippen LogP contribution in [0.1, 0.15) is 17.0 Å². The summed E-state index contributed by atoms with van der Waals surface area (Å²) >= 11 is 0. The van der Waals surface area contributed by atoms with E-state index in [1.165, 1.54) is 22.8 Å². The Labute approximate surface area is 170 Å². The van der Waals surface area contributed by atoms with Gasteiger partial charge in [0.25, 0.3) is 11.2 Å². The van der Waals surface area contributed by atoms with Crippen LogP contribution in [-0.4, -0.2) is 14.5 Å². The summed E-state index contributed by atoms with van der Waals surface area (Å²) in [5.74, 6) is -0.127. The van der Waals surface area contributed by atoms with Crippen molar-refractivity contribution in [3.8, 4) is 5.69 Å². The number of rotatable bonds is 4. The van der Waals surface area contributed by atoms with Crippen LogP contribution < -0.4 is 5.56 Å². The highest BCUT2D eigenvalue weighted by atomic mass is 19.1. The van der Waals surface area contributed by atoms with Crippen LogP contribution in [0.2, 0.25) is 0 Å². The van der Waals surface area contributed by atoms with Crippen LogP contribution in [0.4, 0.5) is 10.1 Å². The third kappa shape index (κ3) is 3.60. The van der Waals surface area contributed by atoms with Gasteiger partial charge in [0.15, 0.2) is 0 Å². The van der Waals surface area contributed by atoms with Gasteiger partial charge in [0, 0.05) is 6.07 Å². The molecule has 0 atom stereocenters. The van der Waals surface area contributed by atoms with Crippen LogP contribution in [-0.2, 0) is 0 Å². The van der Waals surface area contributed by atoms with E-state index < -0.39 is 10.5 Å². The molecule has 6 nitrogen and oxygen atoms in total. The standard InChI is InChI=1S/C23H16FN3O3/c1-15-6-12-20(21(14-15)27(29)30)26-22(13-9-16-7-10-17(24)11-8-16)25-19-5-3-2-4-18(19)23(26)28/h2-14H,1H3/b13-9-. The van der Waals surface area contributed by atoms with E-state index in [0.717, 1.165) is 0 Å². The van der Waals surface area contributed by atoms with Crippen molar-refractivity contribution in [1.82, 2.24) is 9.55 Å². The zero-order valence-corrected chi connectivity index (χ0v) is 15.9. The molecule has 0 aliphatic rings. The van der Waals surface area contributed by atoms with Crippen molar-refractivity contribution in [2.75, 3.05) is 0 Å². The first-order valence-corrected chi connectivity index (χ1v) is 9.15. The molecular weight excluding hydrogens is 385 g/mol. The van der Waals surface area contributed by atoms with Crippen molar-refractivity contribution < 1.29 is 9.31 Å². The van der Waals surface area contributed by atoms with Crippen molar-refractivity contribution in [2.24, 2.45) is 0 Å². The molecule has 1 heterocycles. The molecule has 0 saturated carbocycles. The largest absolute Gasteiger partial charge is 0.293 e. The third-order valence-electron chi connectivity index (χ3n) is 4.67. The van der Waals surface area contributed by atoms with Gasteiger partial charge in [-0.2, -0.15) is 0 Å². The lowest BCUT2D eigenvalue weighted by Crippen LogP contribution is -2.23. The Balaban J connectivity index is 1.99. The van der Waals surface area contributed by atoms with Crippen molar-refractivity contribution in [2.45, 2.75) is 6.92 Å². The fourth-order valence-electron chi connectivity index (χ4n) is 3.21. The highest BCUT2D eigenvalue weighted by Crippen LogP contribution is 2.25. The summed E-state index contributed by atoms with van der Waals surface area (Å²) in [5.41, 5.74) is 1.41. The topological polar surface area (TPSA) is 78.0 Å². The lowest BCUT2D eigenvalue weighted by atomic mass is 10.1. The van der Waals surface area contributed by atoms with E-state index in [1.54, 1.807) is 67.6 Å². The van der Waals surface area contributed by atoms with Gasteiger partial charge in [-0.1, -0.05) is 36.4 Å². The van der Waals surface area contributed by atoms with E-state index in [9.17, 15) is 19.3 Å². The summed E-state index contributed by atoms with van der Waals surface area (Å²) in [6.45, 7) is 1.74. The van der Waals surface area contributed by atoms with Gasteiger partial charge < -0.3 is 0 Å². The first kappa shape index (κ1) is 19.2. The zero-order valence-electron chi connectivity index (χ0n) is 15.9. The molecule has 30 heavy (non-hydrogen) atoms. The Morgan fingerprint density at radius 1 is 1.03 bits per heavy atom. The molecule has 0 unspecified atom stereocenters. The molecule has 0 amide bonds. The van der Waals surface area contributed by atoms with Gasteiger partial charge in [-0.3, -0.25) is 19.5 Å². The molecule has 4 aromatic rings. The number of halogens is 1. The van der Waals surface area contributed by atoms with E-state index in [1.807, 2.05) is 0 Å². The number of hydrogen-bond acceptors (Lipinski definition) is 4. The predicted molar refractivity (Wildman–Crippen MR) is 114 cm³/mol. The minimum Gasteiger partial charge on any atom is -0.268 e. The minimum absolute atomic E-state index is 0.132. The van der Waals surface area contributed by atoms with Gasteiger partial charge in [0.05, 0.1) is 15.8 Å². The van der Waals surface area contributed by atoms with Gasteiger partial charge in [-0.05, 0) is 54.5 Å². The number of nitro groups is 1. The zero-order chi connectivity index (χ0) is 21.3. The number of para-hydroxylation sites is 1. The van der Waals surface area contributed by atoms with E-state index in [4.69, 9.17) is 0 Å². The second-order valence-corrected chi connectivity index (χ2v) is 6.76. The molecule has 0 aliphatic carbocycles. The molecule has 1 aromatic heterocycles. The summed E-state index contributed by atoms with van der Waals surface area (Å²) in [5, 5.41) is 12.0. The number of aromatic nitrogens is 2. The Bertz CT molecular complexity index is 1360. The predicted octanol–water partition coefficient (Wildman–Crippen LogP) is 4.91. The van der Waals surface area contributed by atoms with Gasteiger partial charge in [0.1, 0.15) is 17.3 Å². The number of fused-ring (bicyclic) bond motifs is 1. The minimum atomic E-state index is -0.516. The Hall–Kier alpha value is -4.13. The molecule has 0 spiro atoms. The molecule has 3 aromatic carbocycles. The maximum Gasteiger partial charge on any atom is 0.293 e. The van der Waals surface area contributed by atoms with Crippen molar-refractivity contribution in [3.05, 3.63) is 110 Å². The van der Waals surface area contributed by atoms with E-state index in [0.29, 0.717) is 22.0 Å². The fraction of sp³-hybridized carbons (Fsp3) is 0.0435. The molecule has 4 rings (SSSR count). The fourth-order valence-corrected chi connectivity index (χ4v) is 3.21. The summed E-state index contributed by atoms with van der Waals surface area (Å²) in [7, 11) is 0. The molecule has 0 fully saturated rings. The molecule has 148 valence electrons. The van der Waals surface area contributed by atoms with Crippen LogP contribution in [0.15, 0.2) is 71.5 Å². The number of benzene rings is 3. The Morgan fingerprint density at radius 3 is 2.50 bits per heavy atom. The summed E-state index contributed by atoms with van der Waals surface area (Å²) in [6, 6.07) is 17.3. The molecule has 0 N–H and O–H groups in total. The first-order valence-electron chi connectivity index (χ1n) is 9.15. The molecule has 0 aliphatic heterocycles. The molecule has 7 heteroatoms. The van der Waals surface area contributed by atoms with Gasteiger partial charge >= 0.3 is 0 Å². The Morgan fingerprint density at radius 2 is 1.77 bits per heavy atom. The van der Waals surface area contributed by atoms with Gasteiger partial charge in [0.2, 0.25) is 0 Å². The second kappa shape index (κ2) is 7.71. The molecular formula is C23H16FN3O3. The highest BCUT2D eigenvalue weighted by Gasteiger charge is 2.20. The van der Waals surface area contributed by atoms with Gasteiger partial charge in [-0.25, -0.2) is 9.37 Å². The lowest BCUT2D eigenvalue weighted by molar-refractivity contribution is -0.384. The van der Waals surface area contributed by atoms with Crippen LogP contribution in [0, 0.1) is 22.9 Å². The van der Waals surface area contributed by atoms with Gasteiger partial charge in [-0.15, -0.1) is 0 Å². The molecule has 0 saturated heterocycles. The van der Waals surface area contributed by atoms with Crippen molar-refractivity contribution in [3.63, 3.8) is 0 Å². The summed E-state index contributed by atoms with van der Waals surface area (Å²) in [4.78, 5) is 29.0. The average Bonchev–Trinajstić information content (AvgIpc) is 2.74. The summed E-state index contributed by atoms with van der Waals surface area (Å²) < 4.78 is 14.4. The number of nitro benzene ring substituents is 1. The van der Waals surface area contributed by atoms with E-state index in [-0.39, 0.29) is 23.0 Å². The van der Waals surface area contributed by atoms with Crippen molar-refractivity contribution >= 4 is 28.7 Å². The highest BCUT2D eigenvalue weighted by molar-refractivity contribution is 5.80. The monoisotopic (exact) mass is 401 g/mol. The normalized spacial score (nSPS) is 11.3. The van der Waals surface area contributed by atoms with Crippen LogP contribution >= 0.6 is 0 Å². The maximum absolute atomic E-state index is 13.3. The van der Waals surface area contributed by atoms with Crippen LogP contribution in [0.25, 0.3) is 28.7 Å². The SMILES string of the molecule is Cc1ccc(-n2c(/C=C\c3ccc(F)cc3)nc3ccccc3c2=O)c([N+](=O)[O-])c1. The van der Waals surface area contributed by atoms with E-state index in [2.05, 4.69) is 4.98 Å². The number of aryl methyl sites for hydroxylation is 1. The summed E-state index contributed by atoms with van der Waals surface area (Å²) in [6.07, 6.45) is 3.26. The smallest absolute Gasteiger partial charge is 0.268 e. The van der Waals surface area contributed by atoms with Crippen molar-refractivity contribution in [1.29, 1.82) is 0 Å². The van der Waals surface area contributed by atoms with Crippen LogP contribution in [0.5, 0.6) is 0 Å². The number of hydrogen-bond donors (Lipinski definition) is 0. The first-order chi connectivity index (χ1) is 14.4. The quantitative estimate of drug-likeness (QED) is 0.359.